The fourth-order valence-corrected chi connectivity index (χ4v) is 4.01. The molecule has 0 unspecified atom stereocenters. The Bertz CT molecular complexity index is 1040. The van der Waals surface area contributed by atoms with Gasteiger partial charge in [-0.2, -0.15) is 0 Å². The van der Waals surface area contributed by atoms with Gasteiger partial charge in [-0.1, -0.05) is 12.1 Å². The molecule has 0 spiro atoms. The molecule has 0 radical (unpaired) electrons. The molecule has 1 atom stereocenters. The van der Waals surface area contributed by atoms with Crippen LogP contribution in [0.2, 0.25) is 0 Å². The van der Waals surface area contributed by atoms with Gasteiger partial charge in [-0.15, -0.1) is 0 Å². The third-order valence-corrected chi connectivity index (χ3v) is 5.43. The van der Waals surface area contributed by atoms with Crippen LogP contribution in [0.5, 0.6) is 11.5 Å². The number of hydrogen-bond acceptors (Lipinski definition) is 5. The molecule has 0 bridgehead atoms. The lowest BCUT2D eigenvalue weighted by molar-refractivity contribution is 0.248. The Balaban J connectivity index is 1.71. The van der Waals surface area contributed by atoms with Crippen LogP contribution in [0.25, 0.3) is 11.0 Å². The zero-order chi connectivity index (χ0) is 19.0. The summed E-state index contributed by atoms with van der Waals surface area (Å²) in [7, 11) is 1.68. The van der Waals surface area contributed by atoms with Gasteiger partial charge < -0.3 is 14.3 Å². The van der Waals surface area contributed by atoms with Crippen molar-refractivity contribution in [1.29, 1.82) is 0 Å². The molecule has 27 heavy (non-hydrogen) atoms. The predicted molar refractivity (Wildman–Crippen MR) is 104 cm³/mol. The van der Waals surface area contributed by atoms with E-state index in [1.807, 2.05) is 18.2 Å². The van der Waals surface area contributed by atoms with Crippen molar-refractivity contribution in [2.75, 3.05) is 13.7 Å². The number of phenols is 1. The first-order valence-electron chi connectivity index (χ1n) is 9.20. The lowest BCUT2D eigenvalue weighted by Crippen LogP contribution is -2.23. The van der Waals surface area contributed by atoms with Gasteiger partial charge in [0.2, 0.25) is 0 Å². The van der Waals surface area contributed by atoms with Crippen LogP contribution >= 0.6 is 0 Å². The van der Waals surface area contributed by atoms with Crippen molar-refractivity contribution in [2.24, 2.45) is 0 Å². The van der Waals surface area contributed by atoms with Crippen LogP contribution in [-0.2, 0) is 6.54 Å². The molecule has 1 N–H and O–H groups in total. The van der Waals surface area contributed by atoms with Crippen molar-refractivity contribution < 1.29 is 14.3 Å². The normalized spacial score (nSPS) is 17.5. The molecule has 1 aliphatic heterocycles. The maximum absolute atomic E-state index is 12.1. The summed E-state index contributed by atoms with van der Waals surface area (Å²) in [6.07, 6.45) is 2.19. The fraction of sp³-hybridized carbons (Fsp3) is 0.318. The number of hydrogen-bond donors (Lipinski definition) is 1. The highest BCUT2D eigenvalue weighted by molar-refractivity contribution is 5.84. The standard InChI is InChI=1S/C22H23NO4/c1-14-20(24)9-8-18-16(12-21(25)27-22(14)18)13-23-10-4-7-19(23)15-5-3-6-17(11-15)26-2/h3,5-6,8-9,11-12,19,24H,4,7,10,13H2,1-2H3/t19-/m1/s1. The van der Waals surface area contributed by atoms with Crippen LogP contribution in [0.15, 0.2) is 51.7 Å². The van der Waals surface area contributed by atoms with Gasteiger partial charge in [0.25, 0.3) is 0 Å². The number of fused-ring (bicyclic) bond motifs is 1. The zero-order valence-corrected chi connectivity index (χ0v) is 15.6. The summed E-state index contributed by atoms with van der Waals surface area (Å²) >= 11 is 0. The monoisotopic (exact) mass is 365 g/mol. The summed E-state index contributed by atoms with van der Waals surface area (Å²) < 4.78 is 10.7. The molecule has 1 saturated heterocycles. The second kappa shape index (κ2) is 7.08. The molecule has 5 nitrogen and oxygen atoms in total. The van der Waals surface area contributed by atoms with Crippen molar-refractivity contribution in [2.45, 2.75) is 32.4 Å². The molecule has 3 aromatic rings. The third kappa shape index (κ3) is 3.30. The summed E-state index contributed by atoms with van der Waals surface area (Å²) in [6, 6.07) is 13.5. The number of phenolic OH excluding ortho intramolecular Hbond substituents is 1. The van der Waals surface area contributed by atoms with E-state index >= 15 is 0 Å². The Kier molecular flexibility index (Phi) is 4.62. The first-order valence-corrected chi connectivity index (χ1v) is 9.20. The Hall–Kier alpha value is -2.79. The fourth-order valence-electron chi connectivity index (χ4n) is 4.01. The Morgan fingerprint density at radius 2 is 2.11 bits per heavy atom. The first kappa shape index (κ1) is 17.6. The maximum atomic E-state index is 12.1. The molecule has 2 aromatic carbocycles. The topological polar surface area (TPSA) is 62.9 Å². The zero-order valence-electron chi connectivity index (χ0n) is 15.6. The van der Waals surface area contributed by atoms with Gasteiger partial charge in [0.1, 0.15) is 17.1 Å². The maximum Gasteiger partial charge on any atom is 0.336 e. The highest BCUT2D eigenvalue weighted by Gasteiger charge is 2.27. The van der Waals surface area contributed by atoms with E-state index in [0.29, 0.717) is 23.7 Å². The molecular weight excluding hydrogens is 342 g/mol. The minimum atomic E-state index is -0.386. The van der Waals surface area contributed by atoms with Gasteiger partial charge in [0.15, 0.2) is 0 Å². The van der Waals surface area contributed by atoms with Crippen molar-refractivity contribution >= 4 is 11.0 Å². The van der Waals surface area contributed by atoms with Crippen molar-refractivity contribution in [3.63, 3.8) is 0 Å². The Labute approximate surface area is 157 Å². The van der Waals surface area contributed by atoms with Gasteiger partial charge in [0.05, 0.1) is 7.11 Å². The van der Waals surface area contributed by atoms with E-state index in [1.165, 1.54) is 5.56 Å². The highest BCUT2D eigenvalue weighted by atomic mass is 16.5. The van der Waals surface area contributed by atoms with E-state index < -0.39 is 0 Å². The lowest BCUT2D eigenvalue weighted by atomic mass is 10.0. The minimum Gasteiger partial charge on any atom is -0.508 e. The van der Waals surface area contributed by atoms with Gasteiger partial charge in [-0.25, -0.2) is 4.79 Å². The first-order chi connectivity index (χ1) is 13.1. The molecular formula is C22H23NO4. The van der Waals surface area contributed by atoms with E-state index in [-0.39, 0.29) is 11.4 Å². The van der Waals surface area contributed by atoms with E-state index in [2.05, 4.69) is 17.0 Å². The number of aryl methyl sites for hydroxylation is 1. The van der Waals surface area contributed by atoms with Gasteiger partial charge in [-0.3, -0.25) is 4.90 Å². The van der Waals surface area contributed by atoms with Crippen LogP contribution in [0.3, 0.4) is 0 Å². The number of rotatable bonds is 4. The van der Waals surface area contributed by atoms with E-state index in [0.717, 1.165) is 36.1 Å². The van der Waals surface area contributed by atoms with Crippen molar-refractivity contribution in [3.8, 4) is 11.5 Å². The van der Waals surface area contributed by atoms with Gasteiger partial charge in [0, 0.05) is 29.6 Å². The predicted octanol–water partition coefficient (Wildman–Crippen LogP) is 4.15. The smallest absolute Gasteiger partial charge is 0.336 e. The van der Waals surface area contributed by atoms with Gasteiger partial charge >= 0.3 is 5.63 Å². The largest absolute Gasteiger partial charge is 0.508 e. The average molecular weight is 365 g/mol. The van der Waals surface area contributed by atoms with E-state index in [9.17, 15) is 9.90 Å². The number of aromatic hydroxyl groups is 1. The average Bonchev–Trinajstić information content (AvgIpc) is 3.13. The van der Waals surface area contributed by atoms with E-state index in [4.69, 9.17) is 9.15 Å². The molecule has 5 heteroatoms. The summed E-state index contributed by atoms with van der Waals surface area (Å²) in [5.74, 6) is 0.995. The molecule has 4 rings (SSSR count). The van der Waals surface area contributed by atoms with Crippen LogP contribution in [0.4, 0.5) is 0 Å². The highest BCUT2D eigenvalue weighted by Crippen LogP contribution is 2.36. The summed E-state index contributed by atoms with van der Waals surface area (Å²) in [4.78, 5) is 14.5. The van der Waals surface area contributed by atoms with Crippen LogP contribution in [0, 0.1) is 6.92 Å². The van der Waals surface area contributed by atoms with Crippen LogP contribution < -0.4 is 10.4 Å². The summed E-state index contributed by atoms with van der Waals surface area (Å²) in [6.45, 7) is 3.40. The third-order valence-electron chi connectivity index (χ3n) is 5.43. The SMILES string of the molecule is COc1cccc([C@H]2CCCN2Cc2cc(=O)oc3c(C)c(O)ccc23)c1. The number of methoxy groups -OCH3 is 1. The van der Waals surface area contributed by atoms with Crippen LogP contribution in [0.1, 0.15) is 35.6 Å². The quantitative estimate of drug-likeness (QED) is 0.704. The molecule has 1 aliphatic rings. The number of ether oxygens (including phenoxy) is 1. The second-order valence-corrected chi connectivity index (χ2v) is 7.08. The number of likely N-dealkylation sites (tertiary alicyclic amines) is 1. The van der Waals surface area contributed by atoms with E-state index in [1.54, 1.807) is 26.2 Å². The lowest BCUT2D eigenvalue weighted by Gasteiger charge is -2.25. The van der Waals surface area contributed by atoms with Crippen molar-refractivity contribution in [1.82, 2.24) is 4.90 Å². The Morgan fingerprint density at radius 3 is 2.93 bits per heavy atom. The molecule has 2 heterocycles. The second-order valence-electron chi connectivity index (χ2n) is 7.08. The summed E-state index contributed by atoms with van der Waals surface area (Å²) in [5, 5.41) is 10.8. The van der Waals surface area contributed by atoms with Gasteiger partial charge in [-0.05, 0) is 61.7 Å². The Morgan fingerprint density at radius 1 is 1.26 bits per heavy atom. The molecule has 140 valence electrons. The molecule has 1 fully saturated rings. The molecule has 1 aromatic heterocycles. The molecule has 0 aliphatic carbocycles. The number of benzene rings is 2. The van der Waals surface area contributed by atoms with Crippen molar-refractivity contribution in [3.05, 3.63) is 69.6 Å². The number of nitrogens with zero attached hydrogens (tertiary/aromatic N) is 1. The summed E-state index contributed by atoms with van der Waals surface area (Å²) in [5.41, 5.74) is 2.84. The molecule has 0 amide bonds. The van der Waals surface area contributed by atoms with Crippen LogP contribution in [-0.4, -0.2) is 23.7 Å². The minimum absolute atomic E-state index is 0.137. The molecule has 0 saturated carbocycles.